The summed E-state index contributed by atoms with van der Waals surface area (Å²) in [5.74, 6) is 1.00. The molecule has 106 valence electrons. The number of hydrogen-bond acceptors (Lipinski definition) is 3. The molecule has 0 heterocycles. The first-order valence-electron chi connectivity index (χ1n) is 7.21. The number of nitrogens with one attached hydrogen (secondary N) is 1. The lowest BCUT2D eigenvalue weighted by Crippen LogP contribution is -2.36. The van der Waals surface area contributed by atoms with Crippen LogP contribution in [-0.4, -0.2) is 24.7 Å². The van der Waals surface area contributed by atoms with E-state index in [1.165, 1.54) is 24.8 Å². The Morgan fingerprint density at radius 1 is 1.37 bits per heavy atom. The zero-order valence-corrected chi connectivity index (χ0v) is 13.0. The molecular weight excluding hydrogens is 254 g/mol. The van der Waals surface area contributed by atoms with Crippen LogP contribution in [0.3, 0.4) is 0 Å². The van der Waals surface area contributed by atoms with Gasteiger partial charge in [0.25, 0.3) is 0 Å². The van der Waals surface area contributed by atoms with Crippen molar-refractivity contribution in [1.82, 2.24) is 5.32 Å². The molecule has 0 radical (unpaired) electrons. The number of methoxy groups -OCH3 is 1. The maximum Gasteiger partial charge on any atom is 0.123 e. The standard InChI is InChI=1S/C16H25NOS/c1-4-13(12-8-5-6-10-15(12)18-2)17-14-9-7-11-16(14)19-3/h5-6,8,10,13-14,16-17H,4,7,9,11H2,1-3H3. The summed E-state index contributed by atoms with van der Waals surface area (Å²) in [5, 5.41) is 4.62. The Balaban J connectivity index is 2.11. The molecule has 1 aliphatic rings. The van der Waals surface area contributed by atoms with Gasteiger partial charge in [0.1, 0.15) is 5.75 Å². The summed E-state index contributed by atoms with van der Waals surface area (Å²) in [6.45, 7) is 2.24. The summed E-state index contributed by atoms with van der Waals surface area (Å²) < 4.78 is 5.50. The molecule has 0 bridgehead atoms. The Morgan fingerprint density at radius 2 is 2.16 bits per heavy atom. The number of benzene rings is 1. The zero-order valence-electron chi connectivity index (χ0n) is 12.2. The molecule has 2 nitrogen and oxygen atoms in total. The minimum absolute atomic E-state index is 0.397. The highest BCUT2D eigenvalue weighted by Crippen LogP contribution is 2.33. The van der Waals surface area contributed by atoms with Gasteiger partial charge in [0, 0.05) is 22.9 Å². The minimum Gasteiger partial charge on any atom is -0.496 e. The van der Waals surface area contributed by atoms with Gasteiger partial charge in [-0.1, -0.05) is 31.5 Å². The number of para-hydroxylation sites is 1. The molecule has 0 aromatic heterocycles. The molecule has 19 heavy (non-hydrogen) atoms. The normalized spacial score (nSPS) is 24.4. The van der Waals surface area contributed by atoms with Crippen molar-refractivity contribution < 1.29 is 4.74 Å². The first-order chi connectivity index (χ1) is 9.30. The molecule has 2 rings (SSSR count). The van der Waals surface area contributed by atoms with Crippen molar-refractivity contribution in [3.05, 3.63) is 29.8 Å². The van der Waals surface area contributed by atoms with Gasteiger partial charge in [0.15, 0.2) is 0 Å². The highest BCUT2D eigenvalue weighted by atomic mass is 32.2. The van der Waals surface area contributed by atoms with Gasteiger partial charge in [-0.2, -0.15) is 11.8 Å². The minimum atomic E-state index is 0.397. The number of hydrogen-bond donors (Lipinski definition) is 1. The first kappa shape index (κ1) is 14.7. The van der Waals surface area contributed by atoms with E-state index >= 15 is 0 Å². The maximum absolute atomic E-state index is 5.50. The van der Waals surface area contributed by atoms with E-state index in [9.17, 15) is 0 Å². The third kappa shape index (κ3) is 3.46. The van der Waals surface area contributed by atoms with E-state index < -0.39 is 0 Å². The summed E-state index contributed by atoms with van der Waals surface area (Å²) in [7, 11) is 1.76. The van der Waals surface area contributed by atoms with Crippen LogP contribution in [0, 0.1) is 0 Å². The van der Waals surface area contributed by atoms with E-state index in [1.54, 1.807) is 7.11 Å². The average Bonchev–Trinajstić information content (AvgIpc) is 2.92. The van der Waals surface area contributed by atoms with Crippen LogP contribution in [-0.2, 0) is 0 Å². The van der Waals surface area contributed by atoms with Crippen molar-refractivity contribution in [1.29, 1.82) is 0 Å². The fourth-order valence-corrected chi connectivity index (χ4v) is 3.98. The van der Waals surface area contributed by atoms with Crippen LogP contribution in [0.4, 0.5) is 0 Å². The van der Waals surface area contributed by atoms with Gasteiger partial charge in [-0.25, -0.2) is 0 Å². The van der Waals surface area contributed by atoms with Crippen LogP contribution in [0.5, 0.6) is 5.75 Å². The molecule has 1 aromatic carbocycles. The smallest absolute Gasteiger partial charge is 0.123 e. The summed E-state index contributed by atoms with van der Waals surface area (Å²) in [5.41, 5.74) is 1.29. The van der Waals surface area contributed by atoms with Gasteiger partial charge in [-0.15, -0.1) is 0 Å². The Morgan fingerprint density at radius 3 is 2.84 bits per heavy atom. The van der Waals surface area contributed by atoms with Crippen molar-refractivity contribution in [2.75, 3.05) is 13.4 Å². The van der Waals surface area contributed by atoms with Crippen LogP contribution in [0.1, 0.15) is 44.2 Å². The molecule has 3 unspecified atom stereocenters. The molecule has 1 aromatic rings. The van der Waals surface area contributed by atoms with Crippen LogP contribution < -0.4 is 10.1 Å². The third-order valence-electron chi connectivity index (χ3n) is 4.09. The van der Waals surface area contributed by atoms with Crippen LogP contribution >= 0.6 is 11.8 Å². The highest BCUT2D eigenvalue weighted by molar-refractivity contribution is 7.99. The Hall–Kier alpha value is -0.670. The second-order valence-electron chi connectivity index (χ2n) is 5.18. The van der Waals surface area contributed by atoms with E-state index in [1.807, 2.05) is 17.8 Å². The zero-order chi connectivity index (χ0) is 13.7. The molecule has 3 atom stereocenters. The van der Waals surface area contributed by atoms with E-state index in [0.29, 0.717) is 12.1 Å². The number of thioether (sulfide) groups is 1. The first-order valence-corrected chi connectivity index (χ1v) is 8.50. The summed E-state index contributed by atoms with van der Waals surface area (Å²) >= 11 is 2.00. The van der Waals surface area contributed by atoms with Gasteiger partial charge in [0.05, 0.1) is 7.11 Å². The lowest BCUT2D eigenvalue weighted by Gasteiger charge is -2.27. The highest BCUT2D eigenvalue weighted by Gasteiger charge is 2.28. The van der Waals surface area contributed by atoms with Gasteiger partial charge in [-0.3, -0.25) is 0 Å². The molecule has 1 aliphatic carbocycles. The van der Waals surface area contributed by atoms with Gasteiger partial charge >= 0.3 is 0 Å². The number of ether oxygens (including phenoxy) is 1. The third-order valence-corrected chi connectivity index (χ3v) is 5.26. The molecule has 0 saturated heterocycles. The lowest BCUT2D eigenvalue weighted by atomic mass is 10.0. The fourth-order valence-electron chi connectivity index (χ4n) is 3.04. The van der Waals surface area contributed by atoms with Crippen molar-refractivity contribution in [2.24, 2.45) is 0 Å². The van der Waals surface area contributed by atoms with Crippen LogP contribution in [0.2, 0.25) is 0 Å². The van der Waals surface area contributed by atoms with Gasteiger partial charge < -0.3 is 10.1 Å². The lowest BCUT2D eigenvalue weighted by molar-refractivity contribution is 0.384. The average molecular weight is 279 g/mol. The molecule has 1 N–H and O–H groups in total. The van der Waals surface area contributed by atoms with Crippen LogP contribution in [0.15, 0.2) is 24.3 Å². The molecule has 0 amide bonds. The Bertz CT molecular complexity index is 396. The predicted octanol–water partition coefficient (Wildman–Crippen LogP) is 4.02. The summed E-state index contributed by atoms with van der Waals surface area (Å²) in [6.07, 6.45) is 7.33. The van der Waals surface area contributed by atoms with E-state index in [-0.39, 0.29) is 0 Å². The summed E-state index contributed by atoms with van der Waals surface area (Å²) in [6, 6.07) is 9.42. The number of rotatable bonds is 6. The quantitative estimate of drug-likeness (QED) is 0.850. The van der Waals surface area contributed by atoms with Crippen LogP contribution in [0.25, 0.3) is 0 Å². The molecule has 3 heteroatoms. The maximum atomic E-state index is 5.50. The SMILES string of the molecule is CCC(NC1CCCC1SC)c1ccccc1OC. The predicted molar refractivity (Wildman–Crippen MR) is 84.1 cm³/mol. The monoisotopic (exact) mass is 279 g/mol. The second kappa shape index (κ2) is 7.20. The second-order valence-corrected chi connectivity index (χ2v) is 6.26. The summed E-state index contributed by atoms with van der Waals surface area (Å²) in [4.78, 5) is 0. The van der Waals surface area contributed by atoms with E-state index in [2.05, 4.69) is 36.7 Å². The van der Waals surface area contributed by atoms with Crippen molar-refractivity contribution in [3.8, 4) is 5.75 Å². The van der Waals surface area contributed by atoms with Crippen molar-refractivity contribution in [2.45, 2.75) is 49.9 Å². The topological polar surface area (TPSA) is 21.3 Å². The van der Waals surface area contributed by atoms with Gasteiger partial charge in [-0.05, 0) is 31.6 Å². The van der Waals surface area contributed by atoms with Crippen molar-refractivity contribution in [3.63, 3.8) is 0 Å². The molecule has 1 fully saturated rings. The fraction of sp³-hybridized carbons (Fsp3) is 0.625. The van der Waals surface area contributed by atoms with Gasteiger partial charge in [0.2, 0.25) is 0 Å². The van der Waals surface area contributed by atoms with Crippen molar-refractivity contribution >= 4 is 11.8 Å². The van der Waals surface area contributed by atoms with E-state index in [0.717, 1.165) is 17.4 Å². The largest absolute Gasteiger partial charge is 0.496 e. The molecule has 0 aliphatic heterocycles. The molecule has 1 saturated carbocycles. The Labute approximate surface area is 121 Å². The molecular formula is C16H25NOS. The molecule has 0 spiro atoms. The Kier molecular flexibility index (Phi) is 5.59. The van der Waals surface area contributed by atoms with E-state index in [4.69, 9.17) is 4.74 Å².